The van der Waals surface area contributed by atoms with Gasteiger partial charge in [0.05, 0.1) is 12.7 Å². The molecule has 0 aromatic rings. The number of carbonyl (C=O) groups excluding carboxylic acids is 1. The van der Waals surface area contributed by atoms with Crippen LogP contribution in [0.15, 0.2) is 11.1 Å². The van der Waals surface area contributed by atoms with Crippen LogP contribution < -0.4 is 0 Å². The van der Waals surface area contributed by atoms with E-state index in [1.54, 1.807) is 0 Å². The molecule has 0 aromatic heterocycles. The van der Waals surface area contributed by atoms with Gasteiger partial charge in [0, 0.05) is 16.9 Å². The second-order valence-electron chi connectivity index (χ2n) is 5.29. The van der Waals surface area contributed by atoms with E-state index in [0.29, 0.717) is 6.61 Å². The lowest BCUT2D eigenvalue weighted by molar-refractivity contribution is -0.140. The Bertz CT molecular complexity index is 341. The lowest BCUT2D eigenvalue weighted by Gasteiger charge is -2.28. The first-order chi connectivity index (χ1) is 7.50. The zero-order valence-corrected chi connectivity index (χ0v) is 10.2. The van der Waals surface area contributed by atoms with Crippen molar-refractivity contribution in [2.24, 2.45) is 11.3 Å². The third kappa shape index (κ3) is 1.49. The van der Waals surface area contributed by atoms with Crippen LogP contribution in [0.5, 0.6) is 0 Å². The van der Waals surface area contributed by atoms with Gasteiger partial charge in [-0.3, -0.25) is 0 Å². The van der Waals surface area contributed by atoms with Crippen LogP contribution in [0, 0.1) is 11.3 Å². The Labute approximate surface area is 96.5 Å². The Kier molecular flexibility index (Phi) is 2.82. The van der Waals surface area contributed by atoms with Crippen LogP contribution in [0.1, 0.15) is 40.0 Å². The molecule has 3 nitrogen and oxygen atoms in total. The van der Waals surface area contributed by atoms with E-state index in [0.717, 1.165) is 30.4 Å². The van der Waals surface area contributed by atoms with Crippen molar-refractivity contribution in [3.05, 3.63) is 11.1 Å². The smallest absolute Gasteiger partial charge is 0.334 e. The molecule has 0 aliphatic heterocycles. The Morgan fingerprint density at radius 1 is 1.56 bits per heavy atom. The first-order valence-corrected chi connectivity index (χ1v) is 6.08. The van der Waals surface area contributed by atoms with E-state index < -0.39 is 11.5 Å². The number of fused-ring (bicyclic) bond motifs is 1. The molecule has 2 atom stereocenters. The Balaban J connectivity index is 2.38. The van der Waals surface area contributed by atoms with Crippen LogP contribution in [-0.4, -0.2) is 23.8 Å². The second-order valence-corrected chi connectivity index (χ2v) is 5.29. The van der Waals surface area contributed by atoms with Crippen LogP contribution >= 0.6 is 0 Å². The molecule has 2 aliphatic rings. The Hall–Kier alpha value is -0.830. The average Bonchev–Trinajstić information content (AvgIpc) is 2.71. The maximum Gasteiger partial charge on any atom is 0.334 e. The Morgan fingerprint density at radius 3 is 2.88 bits per heavy atom. The van der Waals surface area contributed by atoms with Crippen LogP contribution in [0.25, 0.3) is 0 Å². The summed E-state index contributed by atoms with van der Waals surface area (Å²) in [5.74, 6) is -0.0413. The molecule has 0 heterocycles. The molecule has 0 spiro atoms. The van der Waals surface area contributed by atoms with Crippen molar-refractivity contribution < 1.29 is 14.6 Å². The molecule has 3 heteroatoms. The summed E-state index contributed by atoms with van der Waals surface area (Å²) in [6.07, 6.45) is 2.60. The largest absolute Gasteiger partial charge is 0.463 e. The molecule has 1 saturated carbocycles. The number of rotatable bonds is 2. The van der Waals surface area contributed by atoms with Crippen molar-refractivity contribution in [3.63, 3.8) is 0 Å². The van der Waals surface area contributed by atoms with Crippen molar-refractivity contribution >= 4 is 5.97 Å². The molecule has 0 radical (unpaired) electrons. The minimum absolute atomic E-state index is 0.189. The number of hydrogen-bond donors (Lipinski definition) is 1. The van der Waals surface area contributed by atoms with Gasteiger partial charge in [0.25, 0.3) is 0 Å². The summed E-state index contributed by atoms with van der Waals surface area (Å²) in [7, 11) is 0. The molecule has 0 bridgehead atoms. The van der Waals surface area contributed by atoms with Gasteiger partial charge < -0.3 is 9.84 Å². The van der Waals surface area contributed by atoms with Gasteiger partial charge >= 0.3 is 5.97 Å². The fourth-order valence-corrected chi connectivity index (χ4v) is 3.19. The number of hydrogen-bond acceptors (Lipinski definition) is 3. The van der Waals surface area contributed by atoms with Gasteiger partial charge in [0.1, 0.15) is 0 Å². The first kappa shape index (κ1) is 11.6. The van der Waals surface area contributed by atoms with Crippen LogP contribution in [0.4, 0.5) is 0 Å². The van der Waals surface area contributed by atoms with Crippen LogP contribution in [-0.2, 0) is 9.53 Å². The molecule has 2 rings (SSSR count). The molecule has 90 valence electrons. The summed E-state index contributed by atoms with van der Waals surface area (Å²) < 4.78 is 5.11. The fraction of sp³-hybridized carbons (Fsp3) is 0.769. The molecule has 2 aliphatic carbocycles. The van der Waals surface area contributed by atoms with E-state index in [1.165, 1.54) is 0 Å². The number of esters is 1. The van der Waals surface area contributed by atoms with Crippen molar-refractivity contribution in [2.45, 2.75) is 46.1 Å². The molecule has 1 N–H and O–H groups in total. The zero-order valence-electron chi connectivity index (χ0n) is 10.2. The van der Waals surface area contributed by atoms with E-state index in [2.05, 4.69) is 0 Å². The summed E-state index contributed by atoms with van der Waals surface area (Å²) in [6, 6.07) is 0. The lowest BCUT2D eigenvalue weighted by atomic mass is 9.81. The standard InChI is InChI=1S/C13H20O3/c1-4-16-12(15)10-8-6-5-7-9(8)11(14)13(10,2)3/h9,11,14H,4-7H2,1-3H3/t9-,11+/m1/s1. The number of ether oxygens (including phenoxy) is 1. The molecular formula is C13H20O3. The van der Waals surface area contributed by atoms with E-state index in [9.17, 15) is 9.90 Å². The van der Waals surface area contributed by atoms with Gasteiger partial charge in [-0.15, -0.1) is 0 Å². The number of aliphatic hydroxyl groups excluding tert-OH is 1. The zero-order chi connectivity index (χ0) is 11.9. The highest BCUT2D eigenvalue weighted by molar-refractivity contribution is 5.92. The van der Waals surface area contributed by atoms with E-state index in [4.69, 9.17) is 4.74 Å². The minimum atomic E-state index is -0.452. The predicted octanol–water partition coefficient (Wildman–Crippen LogP) is 2.05. The minimum Gasteiger partial charge on any atom is -0.463 e. The molecular weight excluding hydrogens is 204 g/mol. The van der Waals surface area contributed by atoms with E-state index >= 15 is 0 Å². The van der Waals surface area contributed by atoms with Crippen molar-refractivity contribution in [1.29, 1.82) is 0 Å². The lowest BCUT2D eigenvalue weighted by Crippen LogP contribution is -2.33. The molecule has 1 fully saturated rings. The van der Waals surface area contributed by atoms with Crippen molar-refractivity contribution in [2.75, 3.05) is 6.61 Å². The third-order valence-corrected chi connectivity index (χ3v) is 3.97. The normalized spacial score (nSPS) is 31.8. The van der Waals surface area contributed by atoms with Gasteiger partial charge in [-0.25, -0.2) is 4.79 Å². The average molecular weight is 224 g/mol. The monoisotopic (exact) mass is 224 g/mol. The van der Waals surface area contributed by atoms with Gasteiger partial charge in [-0.2, -0.15) is 0 Å². The number of carbonyl (C=O) groups is 1. The highest BCUT2D eigenvalue weighted by Gasteiger charge is 2.51. The fourth-order valence-electron chi connectivity index (χ4n) is 3.19. The van der Waals surface area contributed by atoms with Gasteiger partial charge in [0.15, 0.2) is 0 Å². The summed E-state index contributed by atoms with van der Waals surface area (Å²) in [5.41, 5.74) is 1.44. The predicted molar refractivity (Wildman–Crippen MR) is 60.8 cm³/mol. The van der Waals surface area contributed by atoms with Crippen LogP contribution in [0.3, 0.4) is 0 Å². The van der Waals surface area contributed by atoms with Crippen LogP contribution in [0.2, 0.25) is 0 Å². The molecule has 0 aromatic carbocycles. The summed E-state index contributed by atoms with van der Waals surface area (Å²) in [5, 5.41) is 10.3. The Morgan fingerprint density at radius 2 is 2.25 bits per heavy atom. The molecule has 16 heavy (non-hydrogen) atoms. The maximum atomic E-state index is 12.0. The quantitative estimate of drug-likeness (QED) is 0.730. The molecule has 0 amide bonds. The van der Waals surface area contributed by atoms with Crippen molar-refractivity contribution in [3.8, 4) is 0 Å². The summed E-state index contributed by atoms with van der Waals surface area (Å²) in [6.45, 7) is 6.09. The maximum absolute atomic E-state index is 12.0. The number of aliphatic hydroxyl groups is 1. The SMILES string of the molecule is CCOC(=O)C1=C2CCC[C@H]2[C@H](O)C1(C)C. The summed E-state index contributed by atoms with van der Waals surface area (Å²) >= 11 is 0. The topological polar surface area (TPSA) is 46.5 Å². The highest BCUT2D eigenvalue weighted by atomic mass is 16.5. The summed E-state index contributed by atoms with van der Waals surface area (Å²) in [4.78, 5) is 12.0. The van der Waals surface area contributed by atoms with E-state index in [1.807, 2.05) is 20.8 Å². The molecule has 0 saturated heterocycles. The van der Waals surface area contributed by atoms with Gasteiger partial charge in [-0.05, 0) is 26.2 Å². The molecule has 0 unspecified atom stereocenters. The van der Waals surface area contributed by atoms with Crippen molar-refractivity contribution in [1.82, 2.24) is 0 Å². The first-order valence-electron chi connectivity index (χ1n) is 6.08. The third-order valence-electron chi connectivity index (χ3n) is 3.97. The van der Waals surface area contributed by atoms with Gasteiger partial charge in [0.2, 0.25) is 0 Å². The highest BCUT2D eigenvalue weighted by Crippen LogP contribution is 2.52. The van der Waals surface area contributed by atoms with E-state index in [-0.39, 0.29) is 11.9 Å². The second kappa shape index (κ2) is 3.88. The van der Waals surface area contributed by atoms with Gasteiger partial charge in [-0.1, -0.05) is 19.4 Å².